The molecule has 1 aromatic carbocycles. The summed E-state index contributed by atoms with van der Waals surface area (Å²) in [6.07, 6.45) is 0. The van der Waals surface area contributed by atoms with Gasteiger partial charge in [-0.2, -0.15) is 0 Å². The molecule has 3 heteroatoms. The zero-order chi connectivity index (χ0) is 7.40. The van der Waals surface area contributed by atoms with Crippen molar-refractivity contribution in [2.24, 2.45) is 0 Å². The lowest BCUT2D eigenvalue weighted by Crippen LogP contribution is -1.99. The summed E-state index contributed by atoms with van der Waals surface area (Å²) in [5, 5.41) is -0.838. The standard InChI is InChI=1S/C7H7F2N/c8-10(9)6-7-4-2-1-3-5-7/h1-5H,6H2. The Morgan fingerprint density at radius 1 is 1.10 bits per heavy atom. The van der Waals surface area contributed by atoms with Crippen molar-refractivity contribution in [1.82, 2.24) is 5.34 Å². The number of hydrogen-bond acceptors (Lipinski definition) is 1. The molecule has 0 spiro atoms. The van der Waals surface area contributed by atoms with Crippen LogP contribution < -0.4 is 0 Å². The minimum absolute atomic E-state index is 0.305. The Kier molecular flexibility index (Phi) is 2.34. The summed E-state index contributed by atoms with van der Waals surface area (Å²) in [7, 11) is 0. The van der Waals surface area contributed by atoms with Gasteiger partial charge in [0.25, 0.3) is 0 Å². The minimum atomic E-state index is -0.838. The number of benzene rings is 1. The first-order valence-corrected chi connectivity index (χ1v) is 2.92. The highest BCUT2D eigenvalue weighted by molar-refractivity contribution is 5.13. The van der Waals surface area contributed by atoms with E-state index in [0.29, 0.717) is 5.56 Å². The van der Waals surface area contributed by atoms with Crippen molar-refractivity contribution in [3.05, 3.63) is 35.9 Å². The van der Waals surface area contributed by atoms with Gasteiger partial charge in [0.1, 0.15) is 0 Å². The van der Waals surface area contributed by atoms with Crippen molar-refractivity contribution in [3.63, 3.8) is 0 Å². The molecular weight excluding hydrogens is 136 g/mol. The Morgan fingerprint density at radius 2 is 1.70 bits per heavy atom. The Hall–Kier alpha value is -0.960. The Morgan fingerprint density at radius 3 is 2.20 bits per heavy atom. The van der Waals surface area contributed by atoms with Crippen molar-refractivity contribution >= 4 is 0 Å². The molecule has 0 unspecified atom stereocenters. The van der Waals surface area contributed by atoms with Gasteiger partial charge in [0, 0.05) is 5.34 Å². The smallest absolute Gasteiger partial charge is 0.0870 e. The average Bonchev–Trinajstić information content (AvgIpc) is 1.88. The van der Waals surface area contributed by atoms with Gasteiger partial charge >= 0.3 is 0 Å². The van der Waals surface area contributed by atoms with E-state index in [4.69, 9.17) is 0 Å². The second kappa shape index (κ2) is 3.27. The largest absolute Gasteiger partial charge is 0.101 e. The van der Waals surface area contributed by atoms with E-state index in [1.54, 1.807) is 30.3 Å². The summed E-state index contributed by atoms with van der Waals surface area (Å²) in [5.74, 6) is 0. The molecule has 0 radical (unpaired) electrons. The summed E-state index contributed by atoms with van der Waals surface area (Å²) < 4.78 is 23.1. The van der Waals surface area contributed by atoms with Crippen molar-refractivity contribution in [2.45, 2.75) is 6.54 Å². The van der Waals surface area contributed by atoms with Crippen molar-refractivity contribution in [1.29, 1.82) is 0 Å². The van der Waals surface area contributed by atoms with E-state index in [1.807, 2.05) is 0 Å². The van der Waals surface area contributed by atoms with Crippen LogP contribution in [-0.2, 0) is 6.54 Å². The first-order chi connectivity index (χ1) is 4.79. The zero-order valence-electron chi connectivity index (χ0n) is 5.30. The SMILES string of the molecule is FN(F)Cc1ccccc1. The third-order valence-electron chi connectivity index (χ3n) is 1.14. The van der Waals surface area contributed by atoms with Crippen LogP contribution in [0.1, 0.15) is 5.56 Å². The molecule has 0 aromatic heterocycles. The summed E-state index contributed by atoms with van der Waals surface area (Å²) in [6.45, 7) is -0.305. The predicted octanol–water partition coefficient (Wildman–Crippen LogP) is 2.26. The first-order valence-electron chi connectivity index (χ1n) is 2.92. The molecule has 54 valence electrons. The second-order valence-electron chi connectivity index (χ2n) is 1.95. The first kappa shape index (κ1) is 7.15. The maximum atomic E-state index is 11.6. The molecule has 0 saturated heterocycles. The van der Waals surface area contributed by atoms with Gasteiger partial charge in [-0.3, -0.25) is 0 Å². The number of hydrogen-bond donors (Lipinski definition) is 0. The van der Waals surface area contributed by atoms with Crippen LogP contribution >= 0.6 is 0 Å². The van der Waals surface area contributed by atoms with Gasteiger partial charge in [0.05, 0.1) is 6.54 Å². The van der Waals surface area contributed by atoms with E-state index in [2.05, 4.69) is 0 Å². The minimum Gasteiger partial charge on any atom is -0.101 e. The molecule has 0 saturated carbocycles. The van der Waals surface area contributed by atoms with Crippen LogP contribution in [0.3, 0.4) is 0 Å². The Labute approximate surface area is 57.8 Å². The van der Waals surface area contributed by atoms with Crippen LogP contribution in [0.25, 0.3) is 0 Å². The van der Waals surface area contributed by atoms with Crippen LogP contribution in [0.5, 0.6) is 0 Å². The lowest BCUT2D eigenvalue weighted by molar-refractivity contribution is -0.161. The Bertz CT molecular complexity index is 186. The number of halogens is 2. The van der Waals surface area contributed by atoms with Gasteiger partial charge in [-0.05, 0) is 5.56 Å². The molecule has 1 nitrogen and oxygen atoms in total. The van der Waals surface area contributed by atoms with E-state index in [9.17, 15) is 8.96 Å². The molecule has 0 N–H and O–H groups in total. The molecule has 0 aliphatic rings. The van der Waals surface area contributed by atoms with Crippen molar-refractivity contribution in [3.8, 4) is 0 Å². The number of rotatable bonds is 2. The summed E-state index contributed by atoms with van der Waals surface area (Å²) in [6, 6.07) is 8.58. The van der Waals surface area contributed by atoms with E-state index >= 15 is 0 Å². The molecule has 0 fully saturated rings. The predicted molar refractivity (Wildman–Crippen MR) is 34.2 cm³/mol. The normalized spacial score (nSPS) is 10.3. The molecule has 10 heavy (non-hydrogen) atoms. The van der Waals surface area contributed by atoms with Crippen LogP contribution in [0.4, 0.5) is 8.96 Å². The maximum Gasteiger partial charge on any atom is 0.0870 e. The van der Waals surface area contributed by atoms with Crippen LogP contribution in [-0.4, -0.2) is 5.34 Å². The second-order valence-corrected chi connectivity index (χ2v) is 1.95. The number of nitrogens with zero attached hydrogens (tertiary/aromatic N) is 1. The van der Waals surface area contributed by atoms with Gasteiger partial charge in [-0.1, -0.05) is 30.3 Å². The van der Waals surface area contributed by atoms with Crippen molar-refractivity contribution in [2.75, 3.05) is 0 Å². The van der Waals surface area contributed by atoms with Gasteiger partial charge in [-0.25, -0.2) is 0 Å². The molecule has 0 heterocycles. The van der Waals surface area contributed by atoms with E-state index in [0.717, 1.165) is 0 Å². The fourth-order valence-electron chi connectivity index (χ4n) is 0.721. The van der Waals surface area contributed by atoms with Crippen LogP contribution in [0.15, 0.2) is 30.3 Å². The molecule has 0 atom stereocenters. The quantitative estimate of drug-likeness (QED) is 0.574. The highest BCUT2D eigenvalue weighted by Gasteiger charge is 1.98. The highest BCUT2D eigenvalue weighted by Crippen LogP contribution is 2.03. The average molecular weight is 143 g/mol. The van der Waals surface area contributed by atoms with Gasteiger partial charge in [0.2, 0.25) is 0 Å². The molecular formula is C7H7F2N. The summed E-state index contributed by atoms with van der Waals surface area (Å²) in [5.41, 5.74) is 0.618. The molecule has 1 aromatic rings. The molecule has 0 aliphatic heterocycles. The Balaban J connectivity index is 2.59. The summed E-state index contributed by atoms with van der Waals surface area (Å²) >= 11 is 0. The fraction of sp³-hybridized carbons (Fsp3) is 0.143. The highest BCUT2D eigenvalue weighted by atomic mass is 19.4. The molecule has 0 bridgehead atoms. The van der Waals surface area contributed by atoms with Gasteiger partial charge < -0.3 is 0 Å². The fourth-order valence-corrected chi connectivity index (χ4v) is 0.721. The topological polar surface area (TPSA) is 3.24 Å². The third-order valence-corrected chi connectivity index (χ3v) is 1.14. The van der Waals surface area contributed by atoms with Crippen LogP contribution in [0, 0.1) is 0 Å². The third kappa shape index (κ3) is 2.11. The van der Waals surface area contributed by atoms with E-state index in [1.165, 1.54) is 0 Å². The molecule has 0 amide bonds. The molecule has 0 aliphatic carbocycles. The zero-order valence-corrected chi connectivity index (χ0v) is 5.30. The van der Waals surface area contributed by atoms with Gasteiger partial charge in [-0.15, -0.1) is 8.96 Å². The lowest BCUT2D eigenvalue weighted by Gasteiger charge is -1.98. The van der Waals surface area contributed by atoms with E-state index in [-0.39, 0.29) is 6.54 Å². The molecule has 1 rings (SSSR count). The van der Waals surface area contributed by atoms with E-state index < -0.39 is 5.34 Å². The summed E-state index contributed by atoms with van der Waals surface area (Å²) in [4.78, 5) is 0. The van der Waals surface area contributed by atoms with Crippen LogP contribution in [0.2, 0.25) is 0 Å². The maximum absolute atomic E-state index is 11.6. The van der Waals surface area contributed by atoms with Crippen molar-refractivity contribution < 1.29 is 8.96 Å². The monoisotopic (exact) mass is 143 g/mol. The van der Waals surface area contributed by atoms with Gasteiger partial charge in [0.15, 0.2) is 0 Å². The lowest BCUT2D eigenvalue weighted by atomic mass is 10.2.